The second-order valence-corrected chi connectivity index (χ2v) is 10.8. The molecule has 5 rings (SSSR count). The van der Waals surface area contributed by atoms with Crippen LogP contribution in [0.4, 0.5) is 11.4 Å². The lowest BCUT2D eigenvalue weighted by atomic mass is 9.97. The fourth-order valence-corrected chi connectivity index (χ4v) is 5.33. The van der Waals surface area contributed by atoms with Gasteiger partial charge in [0, 0.05) is 51.8 Å². The smallest absolute Gasteiger partial charge is 0.357 e. The maximum absolute atomic E-state index is 13.0. The van der Waals surface area contributed by atoms with Crippen LogP contribution in [0, 0.1) is 0 Å². The lowest BCUT2D eigenvalue weighted by molar-refractivity contribution is 0.0520. The summed E-state index contributed by atoms with van der Waals surface area (Å²) < 4.78 is 12.8. The predicted octanol–water partition coefficient (Wildman–Crippen LogP) is 6.07. The van der Waals surface area contributed by atoms with Gasteiger partial charge in [-0.25, -0.2) is 14.5 Å². The molecule has 0 amide bonds. The van der Waals surface area contributed by atoms with Crippen LogP contribution in [0.2, 0.25) is 0 Å². The number of fused-ring (bicyclic) bond motifs is 1. The molecular formula is C32H39N5O3. The van der Waals surface area contributed by atoms with E-state index in [0.29, 0.717) is 11.7 Å². The summed E-state index contributed by atoms with van der Waals surface area (Å²) in [6.07, 6.45) is 2.05. The molecule has 8 heteroatoms. The molecule has 0 bridgehead atoms. The van der Waals surface area contributed by atoms with Crippen molar-refractivity contribution in [3.05, 3.63) is 66.0 Å². The second-order valence-electron chi connectivity index (χ2n) is 10.8. The minimum Gasteiger partial charge on any atom is -0.461 e. The Balaban J connectivity index is 1.68. The number of carbonyl (C=O) groups is 1. The van der Waals surface area contributed by atoms with Gasteiger partial charge in [-0.15, -0.1) is 0 Å². The molecule has 1 aliphatic heterocycles. The summed E-state index contributed by atoms with van der Waals surface area (Å²) in [6.45, 7) is 7.96. The average Bonchev–Trinajstić information content (AvgIpc) is 3.37. The molecule has 2 aromatic heterocycles. The molecule has 40 heavy (non-hydrogen) atoms. The molecule has 0 N–H and O–H groups in total. The summed E-state index contributed by atoms with van der Waals surface area (Å²) in [5.41, 5.74) is 6.88. The fraction of sp³-hybridized carbons (Fsp3) is 0.406. The number of anilines is 2. The zero-order chi connectivity index (χ0) is 28.4. The molecule has 4 aromatic rings. The maximum atomic E-state index is 13.0. The number of benzene rings is 2. The Labute approximate surface area is 236 Å². The van der Waals surface area contributed by atoms with E-state index in [4.69, 9.17) is 19.6 Å². The lowest BCUT2D eigenvalue weighted by Gasteiger charge is -2.33. The Bertz CT molecular complexity index is 1490. The summed E-state index contributed by atoms with van der Waals surface area (Å²) in [5.74, 6) is -0.295. The Hall–Kier alpha value is -3.91. The SMILES string of the molecule is CCOC(=O)c1cc(-c2ccc(N(C)C3CCOCC3)cc2)c2c(C(C)C)nn(-c3cccc(N(C)C)c3)c2n1. The third-order valence-electron chi connectivity index (χ3n) is 7.61. The first-order valence-electron chi connectivity index (χ1n) is 14.1. The van der Waals surface area contributed by atoms with Crippen molar-refractivity contribution in [2.24, 2.45) is 0 Å². The standard InChI is InChI=1S/C32H39N5O3/c1-7-40-32(38)28-20-27(22-11-13-23(14-12-22)36(6)24-15-17-39-18-16-24)29-30(21(2)3)34-37(31(29)33-28)26-10-8-9-25(19-26)35(4)5/h8-14,19-21,24H,7,15-18H2,1-6H3. The number of hydrogen-bond donors (Lipinski definition) is 0. The van der Waals surface area contributed by atoms with E-state index in [0.717, 1.165) is 65.3 Å². The van der Waals surface area contributed by atoms with E-state index in [1.807, 2.05) is 37.0 Å². The van der Waals surface area contributed by atoms with Crippen molar-refractivity contribution in [1.82, 2.24) is 14.8 Å². The summed E-state index contributed by atoms with van der Waals surface area (Å²) >= 11 is 0. The summed E-state index contributed by atoms with van der Waals surface area (Å²) in [7, 11) is 6.17. The Morgan fingerprint density at radius 3 is 2.42 bits per heavy atom. The van der Waals surface area contributed by atoms with Crippen LogP contribution >= 0.6 is 0 Å². The molecule has 1 saturated heterocycles. The van der Waals surface area contributed by atoms with Gasteiger partial charge >= 0.3 is 5.97 Å². The van der Waals surface area contributed by atoms with Gasteiger partial charge in [-0.3, -0.25) is 0 Å². The molecule has 210 valence electrons. The molecule has 2 aromatic carbocycles. The molecule has 0 aliphatic carbocycles. The number of esters is 1. The molecular weight excluding hydrogens is 502 g/mol. The predicted molar refractivity (Wildman–Crippen MR) is 161 cm³/mol. The first-order chi connectivity index (χ1) is 19.3. The topological polar surface area (TPSA) is 72.7 Å². The monoisotopic (exact) mass is 541 g/mol. The van der Waals surface area contributed by atoms with E-state index in [2.05, 4.69) is 67.1 Å². The Morgan fingerprint density at radius 2 is 1.77 bits per heavy atom. The van der Waals surface area contributed by atoms with Crippen molar-refractivity contribution in [2.75, 3.05) is 50.8 Å². The highest BCUT2D eigenvalue weighted by Crippen LogP contribution is 2.37. The van der Waals surface area contributed by atoms with Crippen molar-refractivity contribution in [1.29, 1.82) is 0 Å². The molecule has 8 nitrogen and oxygen atoms in total. The largest absolute Gasteiger partial charge is 0.461 e. The Morgan fingerprint density at radius 1 is 1.05 bits per heavy atom. The first-order valence-corrected chi connectivity index (χ1v) is 14.1. The second kappa shape index (κ2) is 11.7. The average molecular weight is 542 g/mol. The van der Waals surface area contributed by atoms with Gasteiger partial charge in [0.15, 0.2) is 11.3 Å². The molecule has 0 radical (unpaired) electrons. The van der Waals surface area contributed by atoms with Gasteiger partial charge in [0.25, 0.3) is 0 Å². The number of carbonyl (C=O) groups excluding carboxylic acids is 1. The molecule has 1 fully saturated rings. The van der Waals surface area contributed by atoms with Crippen LogP contribution in [0.25, 0.3) is 27.8 Å². The number of ether oxygens (including phenoxy) is 2. The van der Waals surface area contributed by atoms with Gasteiger partial charge in [0.2, 0.25) is 0 Å². The van der Waals surface area contributed by atoms with Crippen LogP contribution in [0.1, 0.15) is 55.7 Å². The molecule has 0 saturated carbocycles. The quantitative estimate of drug-likeness (QED) is 0.251. The molecule has 0 unspecified atom stereocenters. The van der Waals surface area contributed by atoms with Gasteiger partial charge in [-0.1, -0.05) is 32.0 Å². The molecule has 1 aliphatic rings. The lowest BCUT2D eigenvalue weighted by Crippen LogP contribution is -2.36. The highest BCUT2D eigenvalue weighted by Gasteiger charge is 2.24. The highest BCUT2D eigenvalue weighted by molar-refractivity contribution is 6.00. The van der Waals surface area contributed by atoms with Crippen LogP contribution in [0.5, 0.6) is 0 Å². The first kappa shape index (κ1) is 27.6. The van der Waals surface area contributed by atoms with Crippen LogP contribution < -0.4 is 9.80 Å². The number of hydrogen-bond acceptors (Lipinski definition) is 7. The number of rotatable bonds is 8. The van der Waals surface area contributed by atoms with Gasteiger partial charge in [0.1, 0.15) is 0 Å². The van der Waals surface area contributed by atoms with E-state index in [-0.39, 0.29) is 18.2 Å². The van der Waals surface area contributed by atoms with Gasteiger partial charge in [-0.05, 0) is 73.2 Å². The summed E-state index contributed by atoms with van der Waals surface area (Å²) in [6, 6.07) is 19.0. The fourth-order valence-electron chi connectivity index (χ4n) is 5.33. The van der Waals surface area contributed by atoms with Crippen LogP contribution in [-0.4, -0.2) is 67.7 Å². The van der Waals surface area contributed by atoms with Crippen molar-refractivity contribution in [3.63, 3.8) is 0 Å². The van der Waals surface area contributed by atoms with E-state index in [1.54, 1.807) is 6.92 Å². The van der Waals surface area contributed by atoms with E-state index >= 15 is 0 Å². The van der Waals surface area contributed by atoms with Crippen molar-refractivity contribution >= 4 is 28.4 Å². The van der Waals surface area contributed by atoms with E-state index < -0.39 is 5.97 Å². The van der Waals surface area contributed by atoms with Gasteiger partial charge in [-0.2, -0.15) is 5.10 Å². The maximum Gasteiger partial charge on any atom is 0.357 e. The van der Waals surface area contributed by atoms with Gasteiger partial charge in [0.05, 0.1) is 23.4 Å². The zero-order valence-corrected chi connectivity index (χ0v) is 24.3. The zero-order valence-electron chi connectivity index (χ0n) is 24.3. The normalized spacial score (nSPS) is 14.1. The van der Waals surface area contributed by atoms with Crippen LogP contribution in [-0.2, 0) is 9.47 Å². The van der Waals surface area contributed by atoms with Crippen LogP contribution in [0.15, 0.2) is 54.6 Å². The van der Waals surface area contributed by atoms with Crippen molar-refractivity contribution in [3.8, 4) is 16.8 Å². The number of aromatic nitrogens is 3. The summed E-state index contributed by atoms with van der Waals surface area (Å²) in [5, 5.41) is 6.01. The molecule has 0 spiro atoms. The Kier molecular flexibility index (Phi) is 8.07. The minimum atomic E-state index is -0.442. The molecule has 0 atom stereocenters. The van der Waals surface area contributed by atoms with E-state index in [1.165, 1.54) is 0 Å². The number of nitrogens with zero attached hydrogens (tertiary/aromatic N) is 5. The molecule has 3 heterocycles. The van der Waals surface area contributed by atoms with Crippen molar-refractivity contribution < 1.29 is 14.3 Å². The minimum absolute atomic E-state index is 0.147. The van der Waals surface area contributed by atoms with Gasteiger partial charge < -0.3 is 19.3 Å². The van der Waals surface area contributed by atoms with Crippen LogP contribution in [0.3, 0.4) is 0 Å². The number of pyridine rings is 1. The summed E-state index contributed by atoms with van der Waals surface area (Å²) in [4.78, 5) is 22.2. The highest BCUT2D eigenvalue weighted by atomic mass is 16.5. The third-order valence-corrected chi connectivity index (χ3v) is 7.61. The van der Waals surface area contributed by atoms with E-state index in [9.17, 15) is 4.79 Å². The van der Waals surface area contributed by atoms with Crippen molar-refractivity contribution in [2.45, 2.75) is 45.6 Å². The third kappa shape index (κ3) is 5.41.